The number of aliphatic imine (C=N–C) groups is 2. The van der Waals surface area contributed by atoms with Gasteiger partial charge in [0.25, 0.3) is 0 Å². The van der Waals surface area contributed by atoms with Crippen molar-refractivity contribution in [1.29, 1.82) is 0 Å². The largest absolute Gasteiger partial charge is 0.456 e. The zero-order chi connectivity index (χ0) is 38.3. The zero-order valence-corrected chi connectivity index (χ0v) is 32.1. The number of thiophene rings is 1. The SMILES string of the molecule is C=C(N=C(N=C(C)c1cccc2c1sc1ccccc12)c1cccc2oc3cccc(-c4ccc(-c5ccc(-c6ccccc6)cc5)cc4)c3c12)c1ccccc1. The Kier molecular flexibility index (Phi) is 8.74. The van der Waals surface area contributed by atoms with Crippen LogP contribution in [-0.2, 0) is 0 Å². The average Bonchev–Trinajstić information content (AvgIpc) is 3.86. The highest BCUT2D eigenvalue weighted by Gasteiger charge is 2.20. The lowest BCUT2D eigenvalue weighted by Gasteiger charge is -2.11. The number of nitrogens with zero attached hydrogens (tertiary/aromatic N) is 2. The lowest BCUT2D eigenvalue weighted by molar-refractivity contribution is 0.669. The minimum atomic E-state index is 0.580. The molecule has 57 heavy (non-hydrogen) atoms. The van der Waals surface area contributed by atoms with Gasteiger partial charge >= 0.3 is 0 Å². The maximum Gasteiger partial charge on any atom is 0.160 e. The van der Waals surface area contributed by atoms with Crippen LogP contribution in [0.3, 0.4) is 0 Å². The van der Waals surface area contributed by atoms with Crippen molar-refractivity contribution in [3.05, 3.63) is 211 Å². The zero-order valence-electron chi connectivity index (χ0n) is 31.3. The summed E-state index contributed by atoms with van der Waals surface area (Å²) in [6.07, 6.45) is 0. The minimum Gasteiger partial charge on any atom is -0.456 e. The van der Waals surface area contributed by atoms with Crippen LogP contribution in [0, 0.1) is 0 Å². The second-order valence-electron chi connectivity index (χ2n) is 14.2. The molecule has 0 aliphatic heterocycles. The standard InChI is InChI=1S/C53H36N2OS/c1-34(36-14-5-3-6-15-36)54-53(55-35(2)42-19-11-21-45-44-18-9-10-25-49(44)57-52(42)45)46-22-13-24-48-51(46)50-43(20-12-23-47(50)56-48)41-32-30-40(31-33-41)39-28-26-38(27-29-39)37-16-7-4-8-17-37/h3-33H,1H2,2H3. The quantitative estimate of drug-likeness (QED) is 0.118. The molecule has 0 unspecified atom stereocenters. The second-order valence-corrected chi connectivity index (χ2v) is 15.3. The number of rotatable bonds is 7. The molecule has 10 aromatic rings. The predicted octanol–water partition coefficient (Wildman–Crippen LogP) is 14.9. The van der Waals surface area contributed by atoms with Gasteiger partial charge < -0.3 is 4.42 Å². The summed E-state index contributed by atoms with van der Waals surface area (Å²) >= 11 is 1.80. The Bertz CT molecular complexity index is 3170. The number of hydrogen-bond acceptors (Lipinski definition) is 3. The van der Waals surface area contributed by atoms with Crippen molar-refractivity contribution < 1.29 is 4.42 Å². The number of fused-ring (bicyclic) bond motifs is 6. The van der Waals surface area contributed by atoms with Gasteiger partial charge in [-0.25, -0.2) is 9.98 Å². The topological polar surface area (TPSA) is 37.9 Å². The van der Waals surface area contributed by atoms with Gasteiger partial charge in [-0.2, -0.15) is 0 Å². The molecule has 2 heterocycles. The summed E-state index contributed by atoms with van der Waals surface area (Å²) in [6.45, 7) is 6.50. The van der Waals surface area contributed by atoms with Crippen molar-refractivity contribution in [1.82, 2.24) is 0 Å². The Morgan fingerprint density at radius 2 is 1.02 bits per heavy atom. The van der Waals surface area contributed by atoms with Crippen LogP contribution in [0.2, 0.25) is 0 Å². The van der Waals surface area contributed by atoms with E-state index in [9.17, 15) is 0 Å². The molecule has 0 amide bonds. The monoisotopic (exact) mass is 748 g/mol. The molecule has 3 nitrogen and oxygen atoms in total. The Labute approximate surface area is 335 Å². The van der Waals surface area contributed by atoms with Gasteiger partial charge in [-0.05, 0) is 64.1 Å². The summed E-state index contributed by atoms with van der Waals surface area (Å²) in [4.78, 5) is 10.6. The molecule has 8 aromatic carbocycles. The smallest absolute Gasteiger partial charge is 0.160 e. The van der Waals surface area contributed by atoms with E-state index in [2.05, 4.69) is 147 Å². The molecule has 0 bridgehead atoms. The molecule has 10 rings (SSSR count). The molecular weight excluding hydrogens is 713 g/mol. The van der Waals surface area contributed by atoms with Crippen molar-refractivity contribution >= 4 is 70.7 Å². The number of hydrogen-bond donors (Lipinski definition) is 0. The first-order chi connectivity index (χ1) is 28.1. The van der Waals surface area contributed by atoms with Gasteiger partial charge in [0.15, 0.2) is 5.84 Å². The molecular formula is C53H36N2OS. The Morgan fingerprint density at radius 1 is 0.474 bits per heavy atom. The van der Waals surface area contributed by atoms with E-state index in [1.807, 2.05) is 54.6 Å². The first-order valence-corrected chi connectivity index (χ1v) is 19.9. The molecule has 0 fully saturated rings. The van der Waals surface area contributed by atoms with Crippen LogP contribution in [-0.4, -0.2) is 11.5 Å². The van der Waals surface area contributed by atoms with Gasteiger partial charge in [0, 0.05) is 47.8 Å². The molecule has 0 N–H and O–H groups in total. The van der Waals surface area contributed by atoms with Crippen LogP contribution in [0.15, 0.2) is 209 Å². The first-order valence-electron chi connectivity index (χ1n) is 19.1. The highest BCUT2D eigenvalue weighted by molar-refractivity contribution is 7.26. The molecule has 0 saturated carbocycles. The van der Waals surface area contributed by atoms with Crippen molar-refractivity contribution in [2.75, 3.05) is 0 Å². The van der Waals surface area contributed by atoms with Crippen molar-refractivity contribution in [3.63, 3.8) is 0 Å². The molecule has 0 aliphatic carbocycles. The maximum absolute atomic E-state index is 6.59. The highest BCUT2D eigenvalue weighted by atomic mass is 32.1. The van der Waals surface area contributed by atoms with E-state index in [0.717, 1.165) is 61.0 Å². The molecule has 0 spiro atoms. The summed E-state index contributed by atoms with van der Waals surface area (Å²) in [6, 6.07) is 65.7. The molecule has 0 aliphatic rings. The molecule has 0 atom stereocenters. The fourth-order valence-electron chi connectivity index (χ4n) is 7.84. The Morgan fingerprint density at radius 3 is 1.74 bits per heavy atom. The van der Waals surface area contributed by atoms with Gasteiger partial charge in [-0.15, -0.1) is 11.3 Å². The van der Waals surface area contributed by atoms with E-state index in [4.69, 9.17) is 14.4 Å². The van der Waals surface area contributed by atoms with Gasteiger partial charge in [0.1, 0.15) is 11.2 Å². The van der Waals surface area contributed by atoms with E-state index in [1.165, 1.54) is 36.9 Å². The van der Waals surface area contributed by atoms with Crippen molar-refractivity contribution in [2.45, 2.75) is 6.92 Å². The summed E-state index contributed by atoms with van der Waals surface area (Å²) in [5.74, 6) is 0.580. The number of furan rings is 1. The molecule has 270 valence electrons. The van der Waals surface area contributed by atoms with E-state index < -0.39 is 0 Å². The fraction of sp³-hybridized carbons (Fsp3) is 0.0189. The summed E-state index contributed by atoms with van der Waals surface area (Å²) in [5.41, 5.74) is 13.0. The summed E-state index contributed by atoms with van der Waals surface area (Å²) < 4.78 is 9.07. The van der Waals surface area contributed by atoms with E-state index in [1.54, 1.807) is 11.3 Å². The van der Waals surface area contributed by atoms with Crippen LogP contribution < -0.4 is 0 Å². The van der Waals surface area contributed by atoms with Crippen molar-refractivity contribution in [3.8, 4) is 33.4 Å². The fourth-order valence-corrected chi connectivity index (χ4v) is 9.11. The van der Waals surface area contributed by atoms with Crippen LogP contribution in [0.4, 0.5) is 0 Å². The first kappa shape index (κ1) is 34.4. The second kappa shape index (κ2) is 14.5. The van der Waals surface area contributed by atoms with E-state index >= 15 is 0 Å². The maximum atomic E-state index is 6.59. The predicted molar refractivity (Wildman–Crippen MR) is 244 cm³/mol. The Hall–Kier alpha value is -7.14. The van der Waals surface area contributed by atoms with Gasteiger partial charge in [-0.1, -0.05) is 176 Å². The van der Waals surface area contributed by atoms with Crippen molar-refractivity contribution in [2.24, 2.45) is 9.98 Å². The van der Waals surface area contributed by atoms with E-state index in [0.29, 0.717) is 11.5 Å². The van der Waals surface area contributed by atoms with Gasteiger partial charge in [0.05, 0.1) is 5.70 Å². The molecule has 2 aromatic heterocycles. The Balaban J connectivity index is 1.10. The average molecular weight is 749 g/mol. The highest BCUT2D eigenvalue weighted by Crippen LogP contribution is 2.40. The number of amidine groups is 1. The van der Waals surface area contributed by atoms with Gasteiger partial charge in [0.2, 0.25) is 0 Å². The molecule has 4 heteroatoms. The lowest BCUT2D eigenvalue weighted by atomic mass is 9.95. The minimum absolute atomic E-state index is 0.580. The summed E-state index contributed by atoms with van der Waals surface area (Å²) in [7, 11) is 0. The number of benzene rings is 8. The summed E-state index contributed by atoms with van der Waals surface area (Å²) in [5, 5.41) is 4.49. The third-order valence-corrected chi connectivity index (χ3v) is 11.9. The van der Waals surface area contributed by atoms with Gasteiger partial charge in [-0.3, -0.25) is 0 Å². The molecule has 0 radical (unpaired) electrons. The third kappa shape index (κ3) is 6.36. The van der Waals surface area contributed by atoms with Crippen LogP contribution in [0.1, 0.15) is 23.6 Å². The molecule has 0 saturated heterocycles. The van der Waals surface area contributed by atoms with Crippen LogP contribution in [0.5, 0.6) is 0 Å². The lowest BCUT2D eigenvalue weighted by Crippen LogP contribution is -2.05. The van der Waals surface area contributed by atoms with E-state index in [-0.39, 0.29) is 0 Å². The van der Waals surface area contributed by atoms with Crippen LogP contribution >= 0.6 is 11.3 Å². The third-order valence-electron chi connectivity index (χ3n) is 10.7. The normalized spacial score (nSPS) is 12.2. The van der Waals surface area contributed by atoms with Crippen LogP contribution in [0.25, 0.3) is 81.2 Å².